The van der Waals surface area contributed by atoms with E-state index in [0.29, 0.717) is 0 Å². The number of hydrogen-bond donors (Lipinski definition) is 3. The van der Waals surface area contributed by atoms with Gasteiger partial charge in [0, 0.05) is 34.3 Å². The third-order valence-corrected chi connectivity index (χ3v) is 4.56. The molecule has 0 unspecified atom stereocenters. The quantitative estimate of drug-likeness (QED) is 0.611. The number of ketones is 1. The van der Waals surface area contributed by atoms with Gasteiger partial charge in [0.25, 0.3) is 0 Å². The second-order valence-electron chi connectivity index (χ2n) is 6.31. The van der Waals surface area contributed by atoms with Crippen molar-refractivity contribution < 1.29 is 24.5 Å². The predicted octanol–water partition coefficient (Wildman–Crippen LogP) is 3.82. The van der Waals surface area contributed by atoms with Gasteiger partial charge in [0.15, 0.2) is 5.76 Å². The zero-order valence-corrected chi connectivity index (χ0v) is 14.5. The number of nitrogens with one attached hydrogen (secondary N) is 1. The number of benzene rings is 2. The minimum atomic E-state index is -0.426. The molecule has 3 N–H and O–H groups in total. The monoisotopic (exact) mass is 351 g/mol. The SMILES string of the molecule is COc1cc2c(C=C3Oc4cc(O)cc(O)c4C3=O)c(C)[nH]c2cc1C. The minimum Gasteiger partial charge on any atom is -0.508 e. The van der Waals surface area contributed by atoms with Crippen LogP contribution in [-0.4, -0.2) is 28.1 Å². The molecule has 0 saturated carbocycles. The highest BCUT2D eigenvalue weighted by atomic mass is 16.5. The minimum absolute atomic E-state index is 0.0555. The number of methoxy groups -OCH3 is 1. The number of H-pyrrole nitrogens is 1. The number of fused-ring (bicyclic) bond motifs is 2. The molecule has 26 heavy (non-hydrogen) atoms. The number of ether oxygens (including phenoxy) is 2. The smallest absolute Gasteiger partial charge is 0.235 e. The van der Waals surface area contributed by atoms with Crippen molar-refractivity contribution in [3.63, 3.8) is 0 Å². The molecular weight excluding hydrogens is 334 g/mol. The highest BCUT2D eigenvalue weighted by Crippen LogP contribution is 2.41. The fourth-order valence-corrected chi connectivity index (χ4v) is 3.30. The zero-order valence-electron chi connectivity index (χ0n) is 14.5. The molecule has 2 aromatic carbocycles. The van der Waals surface area contributed by atoms with Gasteiger partial charge in [0.1, 0.15) is 28.6 Å². The number of allylic oxidation sites excluding steroid dienone is 1. The summed E-state index contributed by atoms with van der Waals surface area (Å²) in [7, 11) is 1.61. The lowest BCUT2D eigenvalue weighted by molar-refractivity contribution is 0.101. The second kappa shape index (κ2) is 5.56. The number of aryl methyl sites for hydroxylation is 2. The van der Waals surface area contributed by atoms with Gasteiger partial charge in [0.05, 0.1) is 7.11 Å². The Morgan fingerprint density at radius 3 is 2.65 bits per heavy atom. The molecule has 0 fully saturated rings. The zero-order chi connectivity index (χ0) is 18.6. The first-order chi connectivity index (χ1) is 12.4. The molecular formula is C20H17NO5. The van der Waals surface area contributed by atoms with Crippen LogP contribution in [0.2, 0.25) is 0 Å². The lowest BCUT2D eigenvalue weighted by Gasteiger charge is -2.05. The fourth-order valence-electron chi connectivity index (χ4n) is 3.30. The Hall–Kier alpha value is -3.41. The van der Waals surface area contributed by atoms with E-state index < -0.39 is 5.78 Å². The lowest BCUT2D eigenvalue weighted by Crippen LogP contribution is -1.98. The maximum atomic E-state index is 12.6. The molecule has 6 nitrogen and oxygen atoms in total. The second-order valence-corrected chi connectivity index (χ2v) is 6.31. The maximum absolute atomic E-state index is 12.6. The number of phenols is 2. The van der Waals surface area contributed by atoms with E-state index in [0.717, 1.165) is 39.5 Å². The molecule has 4 rings (SSSR count). The Morgan fingerprint density at radius 2 is 1.92 bits per heavy atom. The topological polar surface area (TPSA) is 91.8 Å². The molecule has 1 aromatic heterocycles. The number of hydrogen-bond acceptors (Lipinski definition) is 5. The molecule has 1 aliphatic heterocycles. The molecule has 0 radical (unpaired) electrons. The van der Waals surface area contributed by atoms with E-state index in [9.17, 15) is 15.0 Å². The summed E-state index contributed by atoms with van der Waals surface area (Å²) in [5, 5.41) is 20.4. The van der Waals surface area contributed by atoms with Crippen LogP contribution in [0.1, 0.15) is 27.2 Å². The molecule has 0 aliphatic carbocycles. The van der Waals surface area contributed by atoms with Crippen LogP contribution in [0, 0.1) is 13.8 Å². The van der Waals surface area contributed by atoms with Crippen LogP contribution in [0.25, 0.3) is 17.0 Å². The molecule has 0 amide bonds. The van der Waals surface area contributed by atoms with E-state index in [4.69, 9.17) is 9.47 Å². The number of carbonyl (C=O) groups excluding carboxylic acids is 1. The van der Waals surface area contributed by atoms with Crippen LogP contribution >= 0.6 is 0 Å². The van der Waals surface area contributed by atoms with E-state index in [2.05, 4.69) is 4.98 Å². The average molecular weight is 351 g/mol. The largest absolute Gasteiger partial charge is 0.508 e. The summed E-state index contributed by atoms with van der Waals surface area (Å²) in [4.78, 5) is 15.9. The van der Waals surface area contributed by atoms with Gasteiger partial charge in [-0.05, 0) is 37.6 Å². The fraction of sp³-hybridized carbons (Fsp3) is 0.150. The van der Waals surface area contributed by atoms with Crippen molar-refractivity contribution >= 4 is 22.8 Å². The average Bonchev–Trinajstić information content (AvgIpc) is 3.04. The highest BCUT2D eigenvalue weighted by Gasteiger charge is 2.31. The Morgan fingerprint density at radius 1 is 1.15 bits per heavy atom. The molecule has 0 atom stereocenters. The Balaban J connectivity index is 1.86. The van der Waals surface area contributed by atoms with Crippen molar-refractivity contribution in [3.8, 4) is 23.0 Å². The number of carbonyl (C=O) groups is 1. The first kappa shape index (κ1) is 16.1. The van der Waals surface area contributed by atoms with E-state index in [1.54, 1.807) is 13.2 Å². The molecule has 0 bridgehead atoms. The number of aromatic hydroxyl groups is 2. The van der Waals surface area contributed by atoms with Crippen LogP contribution in [0.3, 0.4) is 0 Å². The highest BCUT2D eigenvalue weighted by molar-refractivity contribution is 6.17. The predicted molar refractivity (Wildman–Crippen MR) is 97.0 cm³/mol. The Bertz CT molecular complexity index is 1110. The van der Waals surface area contributed by atoms with Gasteiger partial charge in [-0.15, -0.1) is 0 Å². The molecule has 6 heteroatoms. The van der Waals surface area contributed by atoms with Gasteiger partial charge in [-0.1, -0.05) is 0 Å². The third-order valence-electron chi connectivity index (χ3n) is 4.56. The van der Waals surface area contributed by atoms with Gasteiger partial charge in [-0.3, -0.25) is 4.79 Å². The van der Waals surface area contributed by atoms with Crippen molar-refractivity contribution in [1.82, 2.24) is 4.98 Å². The van der Waals surface area contributed by atoms with E-state index in [1.807, 2.05) is 26.0 Å². The van der Waals surface area contributed by atoms with Gasteiger partial charge < -0.3 is 24.7 Å². The van der Waals surface area contributed by atoms with Crippen LogP contribution in [0.15, 0.2) is 30.0 Å². The number of phenolic OH excluding ortho intramolecular Hbond substituents is 2. The normalized spacial score (nSPS) is 14.7. The first-order valence-corrected chi connectivity index (χ1v) is 8.06. The number of rotatable bonds is 2. The Kier molecular flexibility index (Phi) is 3.44. The van der Waals surface area contributed by atoms with Crippen molar-refractivity contribution in [1.29, 1.82) is 0 Å². The van der Waals surface area contributed by atoms with Crippen LogP contribution < -0.4 is 9.47 Å². The molecule has 2 heterocycles. The molecule has 0 saturated heterocycles. The number of aromatic nitrogens is 1. The molecule has 0 spiro atoms. The number of aromatic amines is 1. The van der Waals surface area contributed by atoms with Gasteiger partial charge in [-0.2, -0.15) is 0 Å². The van der Waals surface area contributed by atoms with E-state index in [-0.39, 0.29) is 28.6 Å². The van der Waals surface area contributed by atoms with Crippen molar-refractivity contribution in [2.24, 2.45) is 0 Å². The number of Topliss-reactive ketones (excluding diaryl/α,β-unsaturated/α-hetero) is 1. The first-order valence-electron chi connectivity index (χ1n) is 8.06. The van der Waals surface area contributed by atoms with Crippen LogP contribution in [0.4, 0.5) is 0 Å². The van der Waals surface area contributed by atoms with Gasteiger partial charge in [0.2, 0.25) is 5.78 Å². The molecule has 3 aromatic rings. The van der Waals surface area contributed by atoms with Crippen molar-refractivity contribution in [3.05, 3.63) is 52.4 Å². The van der Waals surface area contributed by atoms with Crippen molar-refractivity contribution in [2.45, 2.75) is 13.8 Å². The van der Waals surface area contributed by atoms with Gasteiger partial charge in [-0.25, -0.2) is 0 Å². The van der Waals surface area contributed by atoms with Crippen molar-refractivity contribution in [2.75, 3.05) is 7.11 Å². The molecule has 132 valence electrons. The third kappa shape index (κ3) is 2.30. The summed E-state index contributed by atoms with van der Waals surface area (Å²) in [5.74, 6) is 0.0836. The summed E-state index contributed by atoms with van der Waals surface area (Å²) >= 11 is 0. The Labute approximate surface area is 149 Å². The summed E-state index contributed by atoms with van der Waals surface area (Å²) in [5.41, 5.74) is 3.66. The summed E-state index contributed by atoms with van der Waals surface area (Å²) < 4.78 is 11.0. The molecule has 1 aliphatic rings. The standard InChI is InChI=1S/C20H17NO5/c1-9-4-14-13(8-16(9)25-3)12(10(2)21-14)7-18-20(24)19-15(23)5-11(22)6-17(19)26-18/h4-8,21-23H,1-3H3. The van der Waals surface area contributed by atoms with E-state index >= 15 is 0 Å². The lowest BCUT2D eigenvalue weighted by atomic mass is 10.0. The summed E-state index contributed by atoms with van der Waals surface area (Å²) in [6.45, 7) is 3.87. The maximum Gasteiger partial charge on any atom is 0.235 e. The van der Waals surface area contributed by atoms with Crippen LogP contribution in [-0.2, 0) is 0 Å². The van der Waals surface area contributed by atoms with E-state index in [1.165, 1.54) is 6.07 Å². The summed E-state index contributed by atoms with van der Waals surface area (Å²) in [6.07, 6.45) is 1.64. The van der Waals surface area contributed by atoms with Crippen LogP contribution in [0.5, 0.6) is 23.0 Å². The summed E-state index contributed by atoms with van der Waals surface area (Å²) in [6, 6.07) is 6.32. The van der Waals surface area contributed by atoms with Gasteiger partial charge >= 0.3 is 0 Å².